The Bertz CT molecular complexity index is 183. The third-order valence-electron chi connectivity index (χ3n) is 3.86. The lowest BCUT2D eigenvalue weighted by atomic mass is 9.70. The highest BCUT2D eigenvalue weighted by Crippen LogP contribution is 2.37. The fourth-order valence-corrected chi connectivity index (χ4v) is 2.12. The maximum absolute atomic E-state index is 9.85. The molecule has 4 unspecified atom stereocenters. The van der Waals surface area contributed by atoms with Crippen molar-refractivity contribution in [3.63, 3.8) is 0 Å². The Morgan fingerprint density at radius 1 is 0.917 bits per heavy atom. The molecule has 1 aliphatic rings. The Hall–Kier alpha value is -0.300. The van der Waals surface area contributed by atoms with Crippen LogP contribution < -0.4 is 0 Å². The molecule has 0 fully saturated rings. The van der Waals surface area contributed by atoms with Crippen molar-refractivity contribution < 1.29 is 5.11 Å². The summed E-state index contributed by atoms with van der Waals surface area (Å²) in [7, 11) is 0. The van der Waals surface area contributed by atoms with Crippen LogP contribution in [-0.4, -0.2) is 11.2 Å². The minimum atomic E-state index is -0.212. The summed E-state index contributed by atoms with van der Waals surface area (Å²) in [6, 6.07) is 0. The summed E-state index contributed by atoms with van der Waals surface area (Å²) in [5.74, 6) is 1.63. The zero-order chi connectivity index (χ0) is 9.46. The number of aliphatic hydroxyl groups is 1. The minimum Gasteiger partial charge on any atom is -0.388 e. The number of rotatable bonds is 0. The van der Waals surface area contributed by atoms with Crippen molar-refractivity contribution >= 4 is 0 Å². The van der Waals surface area contributed by atoms with Crippen LogP contribution in [0, 0.1) is 17.8 Å². The molecule has 0 aromatic heterocycles. The molecule has 1 rings (SSSR count). The average Bonchev–Trinajstić information content (AvgIpc) is 2.08. The molecular formula is C11H20O. The highest BCUT2D eigenvalue weighted by atomic mass is 16.3. The average molecular weight is 168 g/mol. The van der Waals surface area contributed by atoms with Crippen LogP contribution in [0.2, 0.25) is 0 Å². The van der Waals surface area contributed by atoms with Crippen LogP contribution in [-0.2, 0) is 0 Å². The Kier molecular flexibility index (Phi) is 2.62. The van der Waals surface area contributed by atoms with E-state index in [1.807, 2.05) is 0 Å². The standard InChI is InChI=1S/C11H20O/c1-6-7(2)9(4)11(12)10(5)8(6)3/h6-7,9,11-12H,1-5H3. The monoisotopic (exact) mass is 168 g/mol. The van der Waals surface area contributed by atoms with Gasteiger partial charge in [-0.1, -0.05) is 26.3 Å². The first-order valence-corrected chi connectivity index (χ1v) is 4.82. The van der Waals surface area contributed by atoms with Crippen molar-refractivity contribution in [1.29, 1.82) is 0 Å². The van der Waals surface area contributed by atoms with Gasteiger partial charge in [-0.05, 0) is 37.2 Å². The lowest BCUT2D eigenvalue weighted by Gasteiger charge is -2.37. The van der Waals surface area contributed by atoms with E-state index in [1.165, 1.54) is 11.1 Å². The lowest BCUT2D eigenvalue weighted by molar-refractivity contribution is 0.0877. The molecule has 0 aliphatic heterocycles. The molecule has 0 amide bonds. The van der Waals surface area contributed by atoms with Crippen LogP contribution in [0.1, 0.15) is 34.6 Å². The maximum atomic E-state index is 9.85. The van der Waals surface area contributed by atoms with E-state index in [9.17, 15) is 5.11 Å². The summed E-state index contributed by atoms with van der Waals surface area (Å²) in [6.07, 6.45) is -0.212. The number of hydrogen-bond donors (Lipinski definition) is 1. The molecule has 1 heteroatoms. The third-order valence-corrected chi connectivity index (χ3v) is 3.86. The van der Waals surface area contributed by atoms with Crippen LogP contribution in [0.25, 0.3) is 0 Å². The summed E-state index contributed by atoms with van der Waals surface area (Å²) in [4.78, 5) is 0. The Morgan fingerprint density at radius 3 is 1.92 bits per heavy atom. The SMILES string of the molecule is CC1=C(C)C(O)C(C)C(C)C1C. The molecule has 1 aliphatic carbocycles. The van der Waals surface area contributed by atoms with Gasteiger partial charge in [0.05, 0.1) is 6.10 Å². The second-order valence-corrected chi connectivity index (χ2v) is 4.32. The van der Waals surface area contributed by atoms with Gasteiger partial charge in [0.1, 0.15) is 0 Å². The van der Waals surface area contributed by atoms with Gasteiger partial charge in [-0.25, -0.2) is 0 Å². The Balaban J connectivity index is 3.00. The summed E-state index contributed by atoms with van der Waals surface area (Å²) in [5, 5.41) is 9.85. The third kappa shape index (κ3) is 1.31. The molecule has 0 radical (unpaired) electrons. The van der Waals surface area contributed by atoms with Gasteiger partial charge in [0.2, 0.25) is 0 Å². The zero-order valence-corrected chi connectivity index (χ0v) is 8.76. The summed E-state index contributed by atoms with van der Waals surface area (Å²) in [6.45, 7) is 10.8. The summed E-state index contributed by atoms with van der Waals surface area (Å²) < 4.78 is 0. The summed E-state index contributed by atoms with van der Waals surface area (Å²) >= 11 is 0. The van der Waals surface area contributed by atoms with E-state index in [4.69, 9.17) is 0 Å². The molecule has 0 bridgehead atoms. The van der Waals surface area contributed by atoms with Crippen molar-refractivity contribution in [2.45, 2.75) is 40.7 Å². The highest BCUT2D eigenvalue weighted by molar-refractivity contribution is 5.21. The maximum Gasteiger partial charge on any atom is 0.0778 e. The molecule has 0 aromatic rings. The molecule has 70 valence electrons. The molecule has 1 nitrogen and oxygen atoms in total. The number of allylic oxidation sites excluding steroid dienone is 1. The predicted octanol–water partition coefficient (Wildman–Crippen LogP) is 2.61. The molecule has 0 spiro atoms. The van der Waals surface area contributed by atoms with Crippen LogP contribution in [0.4, 0.5) is 0 Å². The molecule has 1 N–H and O–H groups in total. The molecular weight excluding hydrogens is 148 g/mol. The Labute approximate surface area is 75.5 Å². The number of hydrogen-bond acceptors (Lipinski definition) is 1. The predicted molar refractivity (Wildman–Crippen MR) is 51.9 cm³/mol. The number of aliphatic hydroxyl groups excluding tert-OH is 1. The highest BCUT2D eigenvalue weighted by Gasteiger charge is 2.32. The van der Waals surface area contributed by atoms with Crippen molar-refractivity contribution in [3.8, 4) is 0 Å². The second-order valence-electron chi connectivity index (χ2n) is 4.32. The van der Waals surface area contributed by atoms with Crippen LogP contribution in [0.3, 0.4) is 0 Å². The molecule has 12 heavy (non-hydrogen) atoms. The van der Waals surface area contributed by atoms with Crippen LogP contribution in [0.15, 0.2) is 11.1 Å². The van der Waals surface area contributed by atoms with Crippen molar-refractivity contribution in [3.05, 3.63) is 11.1 Å². The first-order valence-electron chi connectivity index (χ1n) is 4.82. The van der Waals surface area contributed by atoms with Gasteiger partial charge in [0.15, 0.2) is 0 Å². The van der Waals surface area contributed by atoms with Crippen LogP contribution in [0.5, 0.6) is 0 Å². The van der Waals surface area contributed by atoms with Gasteiger partial charge in [-0.15, -0.1) is 0 Å². The molecule has 0 saturated carbocycles. The molecule has 0 heterocycles. The van der Waals surface area contributed by atoms with Gasteiger partial charge in [-0.3, -0.25) is 0 Å². The normalized spacial score (nSPS) is 43.5. The first-order chi connectivity index (χ1) is 5.46. The van der Waals surface area contributed by atoms with E-state index >= 15 is 0 Å². The topological polar surface area (TPSA) is 20.2 Å². The van der Waals surface area contributed by atoms with E-state index < -0.39 is 0 Å². The van der Waals surface area contributed by atoms with E-state index in [2.05, 4.69) is 34.6 Å². The second kappa shape index (κ2) is 3.21. The fraction of sp³-hybridized carbons (Fsp3) is 0.818. The zero-order valence-electron chi connectivity index (χ0n) is 8.76. The molecule has 4 atom stereocenters. The van der Waals surface area contributed by atoms with Gasteiger partial charge in [0.25, 0.3) is 0 Å². The smallest absolute Gasteiger partial charge is 0.0778 e. The lowest BCUT2D eigenvalue weighted by Crippen LogP contribution is -2.34. The van der Waals surface area contributed by atoms with Gasteiger partial charge >= 0.3 is 0 Å². The van der Waals surface area contributed by atoms with E-state index in [-0.39, 0.29) is 6.10 Å². The van der Waals surface area contributed by atoms with Crippen molar-refractivity contribution in [2.75, 3.05) is 0 Å². The molecule has 0 aromatic carbocycles. The van der Waals surface area contributed by atoms with E-state index in [0.29, 0.717) is 17.8 Å². The minimum absolute atomic E-state index is 0.212. The molecule has 0 saturated heterocycles. The quantitative estimate of drug-likeness (QED) is 0.551. The first kappa shape index (κ1) is 9.79. The fourth-order valence-electron chi connectivity index (χ4n) is 2.12. The van der Waals surface area contributed by atoms with Crippen molar-refractivity contribution in [1.82, 2.24) is 0 Å². The largest absolute Gasteiger partial charge is 0.388 e. The van der Waals surface area contributed by atoms with E-state index in [1.54, 1.807) is 0 Å². The van der Waals surface area contributed by atoms with Gasteiger partial charge < -0.3 is 5.11 Å². The van der Waals surface area contributed by atoms with Gasteiger partial charge in [-0.2, -0.15) is 0 Å². The van der Waals surface area contributed by atoms with Crippen LogP contribution >= 0.6 is 0 Å². The van der Waals surface area contributed by atoms with E-state index in [0.717, 1.165) is 0 Å². The van der Waals surface area contributed by atoms with Gasteiger partial charge in [0, 0.05) is 0 Å². The Morgan fingerprint density at radius 2 is 1.42 bits per heavy atom. The van der Waals surface area contributed by atoms with Crippen molar-refractivity contribution in [2.24, 2.45) is 17.8 Å². The summed E-state index contributed by atoms with van der Waals surface area (Å²) in [5.41, 5.74) is 2.57.